The lowest BCUT2D eigenvalue weighted by molar-refractivity contribution is -0.136. The Morgan fingerprint density at radius 3 is 2.73 bits per heavy atom. The molecule has 1 aromatic heterocycles. The molecule has 0 atom stereocenters. The lowest BCUT2D eigenvalue weighted by atomic mass is 10.0. The van der Waals surface area contributed by atoms with Gasteiger partial charge < -0.3 is 10.8 Å². The first-order chi connectivity index (χ1) is 7.06. The molecule has 0 radical (unpaired) electrons. The molecule has 0 aliphatic heterocycles. The second-order valence-electron chi connectivity index (χ2n) is 2.91. The van der Waals surface area contributed by atoms with Crippen molar-refractivity contribution in [2.45, 2.75) is 19.4 Å². The van der Waals surface area contributed by atoms with Gasteiger partial charge in [0.25, 0.3) is 6.43 Å². The zero-order valence-corrected chi connectivity index (χ0v) is 7.78. The lowest BCUT2D eigenvalue weighted by Gasteiger charge is -2.10. The first-order valence-corrected chi connectivity index (χ1v) is 4.23. The Kier molecular flexibility index (Phi) is 3.68. The number of pyridine rings is 1. The Morgan fingerprint density at radius 1 is 1.60 bits per heavy atom. The fraction of sp³-hybridized carbons (Fsp3) is 0.333. The van der Waals surface area contributed by atoms with E-state index in [-0.39, 0.29) is 23.4 Å². The Labute approximate surface area is 84.7 Å². The molecule has 82 valence electrons. The summed E-state index contributed by atoms with van der Waals surface area (Å²) in [4.78, 5) is 14.1. The normalized spacial score (nSPS) is 10.7. The third-order valence-electron chi connectivity index (χ3n) is 1.92. The highest BCUT2D eigenvalue weighted by atomic mass is 19.3. The predicted octanol–water partition coefficient (Wildman–Crippen LogP) is 1.10. The summed E-state index contributed by atoms with van der Waals surface area (Å²) < 4.78 is 25.3. The summed E-state index contributed by atoms with van der Waals surface area (Å²) in [6.45, 7) is -0.132. The van der Waals surface area contributed by atoms with Crippen LogP contribution in [0, 0.1) is 0 Å². The molecule has 0 aliphatic carbocycles. The second kappa shape index (κ2) is 4.79. The average molecular weight is 216 g/mol. The van der Waals surface area contributed by atoms with E-state index in [2.05, 4.69) is 4.98 Å². The lowest BCUT2D eigenvalue weighted by Crippen LogP contribution is -2.11. The maximum Gasteiger partial charge on any atom is 0.307 e. The van der Waals surface area contributed by atoms with Crippen LogP contribution >= 0.6 is 0 Å². The predicted molar refractivity (Wildman–Crippen MR) is 48.4 cm³/mol. The van der Waals surface area contributed by atoms with E-state index in [0.29, 0.717) is 0 Å². The van der Waals surface area contributed by atoms with Crippen LogP contribution in [0.4, 0.5) is 8.78 Å². The van der Waals surface area contributed by atoms with Crippen LogP contribution in [0.15, 0.2) is 12.3 Å². The summed E-state index contributed by atoms with van der Waals surface area (Å²) in [5, 5.41) is 8.54. The van der Waals surface area contributed by atoms with E-state index in [0.717, 1.165) is 0 Å². The van der Waals surface area contributed by atoms with Crippen LogP contribution in [0.5, 0.6) is 0 Å². The molecule has 1 rings (SSSR count). The molecular weight excluding hydrogens is 206 g/mol. The molecule has 0 saturated heterocycles. The Balaban J connectivity index is 3.19. The molecule has 1 aromatic rings. The van der Waals surface area contributed by atoms with E-state index in [1.165, 1.54) is 12.3 Å². The molecule has 15 heavy (non-hydrogen) atoms. The number of carboxylic acid groups (broad SMARTS) is 1. The maximum atomic E-state index is 12.6. The van der Waals surface area contributed by atoms with Crippen molar-refractivity contribution in [1.29, 1.82) is 0 Å². The van der Waals surface area contributed by atoms with Crippen LogP contribution in [0.25, 0.3) is 0 Å². The van der Waals surface area contributed by atoms with E-state index >= 15 is 0 Å². The number of rotatable bonds is 4. The van der Waals surface area contributed by atoms with Gasteiger partial charge in [-0.3, -0.25) is 9.78 Å². The third-order valence-corrected chi connectivity index (χ3v) is 1.92. The zero-order valence-electron chi connectivity index (χ0n) is 7.78. The number of nitrogens with two attached hydrogens (primary N) is 1. The minimum atomic E-state index is -2.76. The van der Waals surface area contributed by atoms with Gasteiger partial charge in [-0.05, 0) is 11.6 Å². The van der Waals surface area contributed by atoms with Crippen LogP contribution in [0.2, 0.25) is 0 Å². The van der Waals surface area contributed by atoms with Gasteiger partial charge in [-0.15, -0.1) is 0 Å². The molecule has 0 fully saturated rings. The third kappa shape index (κ3) is 2.69. The van der Waals surface area contributed by atoms with Crippen molar-refractivity contribution in [2.75, 3.05) is 0 Å². The van der Waals surface area contributed by atoms with Crippen molar-refractivity contribution in [1.82, 2.24) is 4.98 Å². The zero-order chi connectivity index (χ0) is 11.4. The first kappa shape index (κ1) is 11.5. The average Bonchev–Trinajstić information content (AvgIpc) is 2.15. The topological polar surface area (TPSA) is 76.2 Å². The van der Waals surface area contributed by atoms with Gasteiger partial charge in [0.05, 0.1) is 12.1 Å². The molecule has 4 nitrogen and oxygen atoms in total. The number of hydrogen-bond acceptors (Lipinski definition) is 3. The first-order valence-electron chi connectivity index (χ1n) is 4.23. The number of hydrogen-bond donors (Lipinski definition) is 2. The van der Waals surface area contributed by atoms with Gasteiger partial charge in [0, 0.05) is 18.3 Å². The molecular formula is C9H10F2N2O2. The van der Waals surface area contributed by atoms with E-state index in [4.69, 9.17) is 10.8 Å². The summed E-state index contributed by atoms with van der Waals surface area (Å²) in [7, 11) is 0. The number of carbonyl (C=O) groups is 1. The van der Waals surface area contributed by atoms with Gasteiger partial charge in [0.15, 0.2) is 0 Å². The summed E-state index contributed by atoms with van der Waals surface area (Å²) >= 11 is 0. The van der Waals surface area contributed by atoms with Crippen LogP contribution < -0.4 is 5.73 Å². The van der Waals surface area contributed by atoms with E-state index in [9.17, 15) is 13.6 Å². The van der Waals surface area contributed by atoms with Gasteiger partial charge in [-0.25, -0.2) is 8.78 Å². The molecule has 0 aromatic carbocycles. The van der Waals surface area contributed by atoms with E-state index in [1.54, 1.807) is 0 Å². The molecule has 1 heterocycles. The van der Waals surface area contributed by atoms with Gasteiger partial charge >= 0.3 is 5.97 Å². The number of halogens is 2. The molecule has 6 heteroatoms. The number of carboxylic acids is 1. The van der Waals surface area contributed by atoms with Crippen molar-refractivity contribution < 1.29 is 18.7 Å². The summed E-state index contributed by atoms with van der Waals surface area (Å²) in [6, 6.07) is 1.27. The Bertz CT molecular complexity index is 369. The van der Waals surface area contributed by atoms with Crippen molar-refractivity contribution in [2.24, 2.45) is 5.73 Å². The monoisotopic (exact) mass is 216 g/mol. The minimum Gasteiger partial charge on any atom is -0.481 e. The fourth-order valence-electron chi connectivity index (χ4n) is 1.31. The van der Waals surface area contributed by atoms with Gasteiger partial charge in [-0.2, -0.15) is 0 Å². The smallest absolute Gasteiger partial charge is 0.307 e. The number of nitrogens with zero attached hydrogens (tertiary/aromatic N) is 1. The quantitative estimate of drug-likeness (QED) is 0.790. The molecule has 3 N–H and O–H groups in total. The number of aromatic nitrogens is 1. The minimum absolute atomic E-state index is 0.0451. The van der Waals surface area contributed by atoms with E-state index in [1.807, 2.05) is 0 Å². The van der Waals surface area contributed by atoms with Crippen LogP contribution in [-0.4, -0.2) is 16.1 Å². The van der Waals surface area contributed by atoms with Gasteiger partial charge in [0.1, 0.15) is 0 Å². The fourth-order valence-corrected chi connectivity index (χ4v) is 1.31. The highest BCUT2D eigenvalue weighted by Gasteiger charge is 2.19. The largest absolute Gasteiger partial charge is 0.481 e. The molecule has 0 unspecified atom stereocenters. The molecule has 0 aliphatic rings. The number of aliphatic carboxylic acids is 1. The van der Waals surface area contributed by atoms with Crippen LogP contribution in [0.1, 0.15) is 23.2 Å². The Hall–Kier alpha value is -1.56. The van der Waals surface area contributed by atoms with Crippen LogP contribution in [-0.2, 0) is 17.8 Å². The molecule has 0 bridgehead atoms. The maximum absolute atomic E-state index is 12.6. The van der Waals surface area contributed by atoms with Crippen molar-refractivity contribution >= 4 is 5.97 Å². The van der Waals surface area contributed by atoms with Gasteiger partial charge in [0.2, 0.25) is 0 Å². The standard InChI is InChI=1S/C9H10F2N2O2/c10-9(11)8-5(3-7(14)15)1-2-13-6(8)4-12/h1-2,9H,3-4,12H2,(H,14,15). The summed E-state index contributed by atoms with van der Waals surface area (Å²) in [5.74, 6) is -1.16. The van der Waals surface area contributed by atoms with E-state index < -0.39 is 18.8 Å². The molecule has 0 saturated carbocycles. The highest BCUT2D eigenvalue weighted by Crippen LogP contribution is 2.25. The SMILES string of the molecule is NCc1nccc(CC(=O)O)c1C(F)F. The molecule has 0 spiro atoms. The summed E-state index contributed by atoms with van der Waals surface area (Å²) in [5.41, 5.74) is 4.99. The number of alkyl halides is 2. The van der Waals surface area contributed by atoms with Crippen molar-refractivity contribution in [3.8, 4) is 0 Å². The van der Waals surface area contributed by atoms with Crippen LogP contribution in [0.3, 0.4) is 0 Å². The van der Waals surface area contributed by atoms with Crippen molar-refractivity contribution in [3.05, 3.63) is 29.1 Å². The highest BCUT2D eigenvalue weighted by molar-refractivity contribution is 5.70. The summed E-state index contributed by atoms with van der Waals surface area (Å²) in [6.07, 6.45) is -1.92. The second-order valence-corrected chi connectivity index (χ2v) is 2.91. The Morgan fingerprint density at radius 2 is 2.27 bits per heavy atom. The van der Waals surface area contributed by atoms with Gasteiger partial charge in [-0.1, -0.05) is 0 Å². The van der Waals surface area contributed by atoms with Crippen molar-refractivity contribution in [3.63, 3.8) is 0 Å². The molecule has 0 amide bonds.